The number of para-hydroxylation sites is 1. The van der Waals surface area contributed by atoms with E-state index in [4.69, 9.17) is 14.2 Å². The summed E-state index contributed by atoms with van der Waals surface area (Å²) in [4.78, 5) is 14.1. The minimum Gasteiger partial charge on any atom is -0.493 e. The Morgan fingerprint density at radius 2 is 2.00 bits per heavy atom. The normalized spacial score (nSPS) is 10.5. The number of ether oxygens (including phenoxy) is 3. The number of likely N-dealkylation sites (N-methyl/N-ethyl adjacent to an activating group) is 1. The predicted octanol–water partition coefficient (Wildman–Crippen LogP) is 2.59. The summed E-state index contributed by atoms with van der Waals surface area (Å²) < 4.78 is 16.2. The van der Waals surface area contributed by atoms with E-state index in [0.29, 0.717) is 36.8 Å². The third-order valence-electron chi connectivity index (χ3n) is 2.93. The van der Waals surface area contributed by atoms with E-state index >= 15 is 0 Å². The number of methoxy groups -OCH3 is 1. The summed E-state index contributed by atoms with van der Waals surface area (Å²) in [5.41, 5.74) is 0.407. The van der Waals surface area contributed by atoms with Gasteiger partial charge in [-0.25, -0.2) is 4.79 Å². The Morgan fingerprint density at radius 3 is 2.62 bits per heavy atom. The molecule has 0 spiro atoms. The van der Waals surface area contributed by atoms with Gasteiger partial charge in [-0.3, -0.25) is 0 Å². The highest BCUT2D eigenvalue weighted by molar-refractivity contribution is 5.93. The highest BCUT2D eigenvalue weighted by Gasteiger charge is 2.18. The average molecular weight is 295 g/mol. The fraction of sp³-hybridized carbons (Fsp3) is 0.562. The Bertz CT molecular complexity index is 446. The number of rotatable bonds is 9. The zero-order chi connectivity index (χ0) is 15.7. The van der Waals surface area contributed by atoms with Gasteiger partial charge in [-0.05, 0) is 32.6 Å². The molecule has 0 aliphatic carbocycles. The van der Waals surface area contributed by atoms with E-state index in [9.17, 15) is 4.79 Å². The summed E-state index contributed by atoms with van der Waals surface area (Å²) in [6.45, 7) is 3.66. The molecular formula is C16H25NO4. The minimum absolute atomic E-state index is 0.345. The maximum Gasteiger partial charge on any atom is 0.342 e. The molecule has 0 N–H and O–H groups in total. The molecule has 0 radical (unpaired) electrons. The van der Waals surface area contributed by atoms with Gasteiger partial charge in [0.1, 0.15) is 12.2 Å². The maximum atomic E-state index is 12.2. The lowest BCUT2D eigenvalue weighted by Gasteiger charge is -2.15. The molecule has 0 amide bonds. The first-order valence-electron chi connectivity index (χ1n) is 7.21. The quantitative estimate of drug-likeness (QED) is 0.517. The molecule has 0 unspecified atom stereocenters. The molecule has 0 aliphatic rings. The highest BCUT2D eigenvalue weighted by atomic mass is 16.5. The van der Waals surface area contributed by atoms with Crippen molar-refractivity contribution >= 4 is 5.97 Å². The van der Waals surface area contributed by atoms with Gasteiger partial charge in [0, 0.05) is 6.54 Å². The summed E-state index contributed by atoms with van der Waals surface area (Å²) in [6, 6.07) is 5.23. The number of nitrogens with zero attached hydrogens (tertiary/aromatic N) is 1. The van der Waals surface area contributed by atoms with Gasteiger partial charge in [-0.1, -0.05) is 19.4 Å². The monoisotopic (exact) mass is 295 g/mol. The maximum absolute atomic E-state index is 12.2. The second-order valence-electron chi connectivity index (χ2n) is 4.98. The molecule has 1 aromatic rings. The molecule has 0 saturated heterocycles. The van der Waals surface area contributed by atoms with Crippen molar-refractivity contribution in [3.05, 3.63) is 23.8 Å². The minimum atomic E-state index is -0.387. The van der Waals surface area contributed by atoms with Crippen molar-refractivity contribution in [3.8, 4) is 11.5 Å². The molecule has 0 aromatic heterocycles. The van der Waals surface area contributed by atoms with Gasteiger partial charge in [-0.2, -0.15) is 0 Å². The van der Waals surface area contributed by atoms with Crippen LogP contribution in [0.25, 0.3) is 0 Å². The molecule has 1 aromatic carbocycles. The fourth-order valence-corrected chi connectivity index (χ4v) is 1.70. The van der Waals surface area contributed by atoms with Crippen LogP contribution in [0.3, 0.4) is 0 Å². The van der Waals surface area contributed by atoms with Crippen LogP contribution in [-0.2, 0) is 4.74 Å². The molecule has 5 heteroatoms. The molecular weight excluding hydrogens is 270 g/mol. The average Bonchev–Trinajstić information content (AvgIpc) is 2.47. The van der Waals surface area contributed by atoms with Gasteiger partial charge < -0.3 is 19.1 Å². The Labute approximate surface area is 126 Å². The number of carbonyl (C=O) groups excluding carboxylic acids is 1. The third kappa shape index (κ3) is 5.63. The molecule has 0 bridgehead atoms. The molecule has 5 nitrogen and oxygen atoms in total. The first-order valence-corrected chi connectivity index (χ1v) is 7.21. The van der Waals surface area contributed by atoms with Crippen molar-refractivity contribution < 1.29 is 19.0 Å². The second kappa shape index (κ2) is 9.23. The molecule has 0 atom stereocenters. The lowest BCUT2D eigenvalue weighted by Crippen LogP contribution is -2.20. The lowest BCUT2D eigenvalue weighted by atomic mass is 10.2. The Balaban J connectivity index is 2.81. The summed E-state index contributed by atoms with van der Waals surface area (Å²) >= 11 is 0. The zero-order valence-corrected chi connectivity index (χ0v) is 13.3. The Morgan fingerprint density at radius 1 is 1.24 bits per heavy atom. The van der Waals surface area contributed by atoms with Crippen LogP contribution in [0.2, 0.25) is 0 Å². The van der Waals surface area contributed by atoms with Crippen molar-refractivity contribution in [3.63, 3.8) is 0 Å². The molecule has 1 rings (SSSR count). The van der Waals surface area contributed by atoms with Crippen LogP contribution >= 0.6 is 0 Å². The zero-order valence-electron chi connectivity index (χ0n) is 13.3. The first kappa shape index (κ1) is 17.3. The van der Waals surface area contributed by atoms with Gasteiger partial charge in [0.2, 0.25) is 0 Å². The smallest absolute Gasteiger partial charge is 0.342 e. The molecule has 0 fully saturated rings. The fourth-order valence-electron chi connectivity index (χ4n) is 1.70. The number of carbonyl (C=O) groups is 1. The second-order valence-corrected chi connectivity index (χ2v) is 4.98. The number of unbranched alkanes of at least 4 members (excludes halogenated alkanes) is 1. The van der Waals surface area contributed by atoms with E-state index < -0.39 is 0 Å². The van der Waals surface area contributed by atoms with E-state index in [1.807, 2.05) is 19.0 Å². The number of hydrogen-bond acceptors (Lipinski definition) is 5. The summed E-state index contributed by atoms with van der Waals surface area (Å²) in [6.07, 6.45) is 1.95. The van der Waals surface area contributed by atoms with E-state index in [1.165, 1.54) is 0 Å². The Hall–Kier alpha value is -1.75. The van der Waals surface area contributed by atoms with E-state index in [-0.39, 0.29) is 5.97 Å². The van der Waals surface area contributed by atoms with E-state index in [1.54, 1.807) is 25.3 Å². The van der Waals surface area contributed by atoms with Crippen molar-refractivity contribution in [2.24, 2.45) is 0 Å². The van der Waals surface area contributed by atoms with Crippen molar-refractivity contribution in [1.82, 2.24) is 4.90 Å². The summed E-state index contributed by atoms with van der Waals surface area (Å²) in [5, 5.41) is 0. The number of benzene rings is 1. The molecule has 21 heavy (non-hydrogen) atoms. The Kier molecular flexibility index (Phi) is 7.61. The molecule has 0 heterocycles. The first-order chi connectivity index (χ1) is 10.1. The SMILES string of the molecule is CCCCOc1c(OC)cccc1C(=O)OCCN(C)C. The van der Waals surface area contributed by atoms with Crippen LogP contribution < -0.4 is 9.47 Å². The summed E-state index contributed by atoms with van der Waals surface area (Å²) in [7, 11) is 5.42. The largest absolute Gasteiger partial charge is 0.493 e. The topological polar surface area (TPSA) is 48.0 Å². The van der Waals surface area contributed by atoms with Crippen molar-refractivity contribution in [2.45, 2.75) is 19.8 Å². The third-order valence-corrected chi connectivity index (χ3v) is 2.93. The van der Waals surface area contributed by atoms with Crippen LogP contribution in [0.5, 0.6) is 11.5 Å². The van der Waals surface area contributed by atoms with Crippen LogP contribution in [-0.4, -0.2) is 51.8 Å². The van der Waals surface area contributed by atoms with Crippen molar-refractivity contribution in [2.75, 3.05) is 41.0 Å². The van der Waals surface area contributed by atoms with Gasteiger partial charge in [0.25, 0.3) is 0 Å². The van der Waals surface area contributed by atoms with E-state index in [2.05, 4.69) is 6.92 Å². The van der Waals surface area contributed by atoms with Gasteiger partial charge >= 0.3 is 5.97 Å². The van der Waals surface area contributed by atoms with Crippen LogP contribution in [0, 0.1) is 0 Å². The lowest BCUT2D eigenvalue weighted by molar-refractivity contribution is 0.0476. The number of hydrogen-bond donors (Lipinski definition) is 0. The van der Waals surface area contributed by atoms with Crippen LogP contribution in [0.4, 0.5) is 0 Å². The molecule has 0 aliphatic heterocycles. The van der Waals surface area contributed by atoms with Crippen molar-refractivity contribution in [1.29, 1.82) is 0 Å². The van der Waals surface area contributed by atoms with Gasteiger partial charge in [0.05, 0.1) is 13.7 Å². The number of esters is 1. The highest BCUT2D eigenvalue weighted by Crippen LogP contribution is 2.31. The van der Waals surface area contributed by atoms with Crippen LogP contribution in [0.15, 0.2) is 18.2 Å². The van der Waals surface area contributed by atoms with Gasteiger partial charge in [-0.15, -0.1) is 0 Å². The molecule has 0 saturated carbocycles. The standard InChI is InChI=1S/C16H25NO4/c1-5-6-11-20-15-13(8-7-9-14(15)19-4)16(18)21-12-10-17(2)3/h7-9H,5-6,10-12H2,1-4H3. The van der Waals surface area contributed by atoms with Gasteiger partial charge in [0.15, 0.2) is 11.5 Å². The van der Waals surface area contributed by atoms with E-state index in [0.717, 1.165) is 12.8 Å². The van der Waals surface area contributed by atoms with Crippen LogP contribution in [0.1, 0.15) is 30.1 Å². The predicted molar refractivity (Wildman–Crippen MR) is 82.2 cm³/mol. The summed E-state index contributed by atoms with van der Waals surface area (Å²) in [5.74, 6) is 0.624. The molecule has 118 valence electrons.